The average Bonchev–Trinajstić information content (AvgIpc) is 3.39. The molecule has 0 bridgehead atoms. The van der Waals surface area contributed by atoms with Crippen LogP contribution in [0.5, 0.6) is 17.2 Å². The Hall–Kier alpha value is -3.81. The van der Waals surface area contributed by atoms with Crippen LogP contribution in [0.2, 0.25) is 0 Å². The zero-order chi connectivity index (χ0) is 26.0. The Morgan fingerprint density at radius 2 is 1.78 bits per heavy atom. The van der Waals surface area contributed by atoms with Gasteiger partial charge in [0, 0.05) is 18.5 Å². The zero-order valence-electron chi connectivity index (χ0n) is 21.0. The highest BCUT2D eigenvalue weighted by molar-refractivity contribution is 5.80. The molecule has 0 aromatic heterocycles. The van der Waals surface area contributed by atoms with Gasteiger partial charge in [-0.2, -0.15) is 0 Å². The third-order valence-corrected chi connectivity index (χ3v) is 7.01. The molecule has 1 atom stereocenters. The number of carbonyl (C=O) groups is 1. The highest BCUT2D eigenvalue weighted by atomic mass is 16.6. The minimum Gasteiger partial charge on any atom is -0.492 e. The van der Waals surface area contributed by atoms with Crippen LogP contribution in [-0.2, 0) is 17.8 Å². The molecule has 0 saturated carbocycles. The van der Waals surface area contributed by atoms with E-state index in [0.29, 0.717) is 26.4 Å². The lowest BCUT2D eigenvalue weighted by atomic mass is 9.95. The average molecular weight is 502 g/mol. The molecule has 2 aliphatic rings. The number of aliphatic hydroxyl groups excluding tert-OH is 1. The second-order valence-corrected chi connectivity index (χ2v) is 9.63. The van der Waals surface area contributed by atoms with Crippen LogP contribution in [0.4, 0.5) is 0 Å². The zero-order valence-corrected chi connectivity index (χ0v) is 21.0. The van der Waals surface area contributed by atoms with Crippen LogP contribution in [0.15, 0.2) is 48.5 Å². The Morgan fingerprint density at radius 1 is 1.00 bits per heavy atom. The molecule has 3 aromatic carbocycles. The molecular weight excluding hydrogens is 470 g/mol. The van der Waals surface area contributed by atoms with Gasteiger partial charge in [-0.3, -0.25) is 10.1 Å². The lowest BCUT2D eigenvalue weighted by Crippen LogP contribution is -2.52. The van der Waals surface area contributed by atoms with Crippen LogP contribution in [0.3, 0.4) is 0 Å². The molecule has 0 amide bonds. The molecular formula is C30H31NO6. The summed E-state index contributed by atoms with van der Waals surface area (Å²) in [6.07, 6.45) is 4.94. The summed E-state index contributed by atoms with van der Waals surface area (Å²) in [5.41, 5.74) is 5.99. The summed E-state index contributed by atoms with van der Waals surface area (Å²) in [7, 11) is 0. The van der Waals surface area contributed by atoms with Gasteiger partial charge in [-0.1, -0.05) is 42.5 Å². The third kappa shape index (κ3) is 5.05. The summed E-state index contributed by atoms with van der Waals surface area (Å²) >= 11 is 0. The number of aliphatic hydroxyl groups is 1. The molecule has 7 heteroatoms. The number of carboxylic acid groups (broad SMARTS) is 1. The van der Waals surface area contributed by atoms with Gasteiger partial charge in [0.1, 0.15) is 24.5 Å². The molecule has 5 rings (SSSR count). The van der Waals surface area contributed by atoms with E-state index in [1.165, 1.54) is 6.92 Å². The maximum Gasteiger partial charge on any atom is 0.326 e. The monoisotopic (exact) mass is 501 g/mol. The summed E-state index contributed by atoms with van der Waals surface area (Å²) in [5, 5.41) is 22.0. The maximum atomic E-state index is 11.6. The number of aliphatic carboxylic acids is 1. The van der Waals surface area contributed by atoms with Crippen molar-refractivity contribution < 1.29 is 29.2 Å². The molecule has 2 heterocycles. The highest BCUT2D eigenvalue weighted by Gasteiger charge is 2.31. The summed E-state index contributed by atoms with van der Waals surface area (Å²) in [5.74, 6) is 1.31. The molecule has 3 aromatic rings. The van der Waals surface area contributed by atoms with E-state index in [1.807, 2.05) is 36.4 Å². The number of nitrogens with one attached hydrogen (secondary N) is 1. The van der Waals surface area contributed by atoms with Crippen molar-refractivity contribution in [3.63, 3.8) is 0 Å². The Bertz CT molecular complexity index is 1360. The van der Waals surface area contributed by atoms with Crippen molar-refractivity contribution in [1.82, 2.24) is 5.32 Å². The quantitative estimate of drug-likeness (QED) is 0.392. The number of hydrogen-bond donors (Lipinski definition) is 3. The van der Waals surface area contributed by atoms with Crippen molar-refractivity contribution in [2.75, 3.05) is 26.4 Å². The molecule has 3 N–H and O–H groups in total. The molecule has 7 nitrogen and oxygen atoms in total. The topological polar surface area (TPSA) is 97.3 Å². The third-order valence-electron chi connectivity index (χ3n) is 7.01. The van der Waals surface area contributed by atoms with E-state index in [9.17, 15) is 15.0 Å². The van der Waals surface area contributed by atoms with Crippen molar-refractivity contribution in [2.45, 2.75) is 32.4 Å². The number of ether oxygens (including phenoxy) is 3. The SMILES string of the molecule is Cc1c(/C=C/c2cc(CNC(C)(CO)C(=O)O)cc3c2OCC3)cccc1-c1ccc2c(c1)OCCO2. The number of carboxylic acids is 1. The van der Waals surface area contributed by atoms with Crippen molar-refractivity contribution in [3.05, 3.63) is 76.3 Å². The fraction of sp³-hybridized carbons (Fsp3) is 0.300. The molecule has 37 heavy (non-hydrogen) atoms. The first-order valence-corrected chi connectivity index (χ1v) is 12.4. The van der Waals surface area contributed by atoms with E-state index in [2.05, 4.69) is 36.5 Å². The van der Waals surface area contributed by atoms with Crippen LogP contribution in [0.25, 0.3) is 23.3 Å². The molecule has 2 aliphatic heterocycles. The lowest BCUT2D eigenvalue weighted by molar-refractivity contribution is -0.145. The molecule has 0 aliphatic carbocycles. The summed E-state index contributed by atoms with van der Waals surface area (Å²) in [6.45, 7) is 5.14. The van der Waals surface area contributed by atoms with Gasteiger partial charge in [0.2, 0.25) is 0 Å². The first-order chi connectivity index (χ1) is 17.9. The number of fused-ring (bicyclic) bond motifs is 2. The number of rotatable bonds is 8. The van der Waals surface area contributed by atoms with Gasteiger partial charge in [-0.05, 0) is 65.4 Å². The van der Waals surface area contributed by atoms with Gasteiger partial charge < -0.3 is 24.4 Å². The lowest BCUT2D eigenvalue weighted by Gasteiger charge is -2.24. The second kappa shape index (κ2) is 10.3. The van der Waals surface area contributed by atoms with Crippen LogP contribution < -0.4 is 19.5 Å². The summed E-state index contributed by atoms with van der Waals surface area (Å²) < 4.78 is 17.4. The van der Waals surface area contributed by atoms with Crippen LogP contribution in [0.1, 0.15) is 34.7 Å². The van der Waals surface area contributed by atoms with E-state index < -0.39 is 18.1 Å². The number of benzene rings is 3. The van der Waals surface area contributed by atoms with Crippen molar-refractivity contribution in [3.8, 4) is 28.4 Å². The molecule has 0 spiro atoms. The van der Waals surface area contributed by atoms with E-state index >= 15 is 0 Å². The van der Waals surface area contributed by atoms with Crippen LogP contribution in [0, 0.1) is 6.92 Å². The molecule has 0 fully saturated rings. The van der Waals surface area contributed by atoms with Gasteiger partial charge in [-0.25, -0.2) is 0 Å². The Morgan fingerprint density at radius 3 is 2.57 bits per heavy atom. The molecule has 1 unspecified atom stereocenters. The van der Waals surface area contributed by atoms with Crippen LogP contribution >= 0.6 is 0 Å². The first kappa shape index (κ1) is 24.9. The molecule has 192 valence electrons. The minimum absolute atomic E-state index is 0.316. The molecule has 0 radical (unpaired) electrons. The fourth-order valence-corrected chi connectivity index (χ4v) is 4.67. The largest absolute Gasteiger partial charge is 0.492 e. The Balaban J connectivity index is 1.43. The standard InChI is InChI=1S/C30H31NO6/c1-19-21(4-3-5-25(19)22-8-9-26-27(16-22)36-13-12-35-26)6-7-23-14-20(15-24-10-11-37-28(23)24)17-31-30(2,18-32)29(33)34/h3-9,14-16,31-32H,10-13,17-18H2,1-2H3,(H,33,34)/b7-6+. The van der Waals surface area contributed by atoms with Crippen molar-refractivity contribution >= 4 is 18.1 Å². The van der Waals surface area contributed by atoms with E-state index in [-0.39, 0.29) is 0 Å². The van der Waals surface area contributed by atoms with Crippen LogP contribution in [-0.4, -0.2) is 48.1 Å². The van der Waals surface area contributed by atoms with Gasteiger partial charge in [0.05, 0.1) is 13.2 Å². The molecule has 0 saturated heterocycles. The fourth-order valence-electron chi connectivity index (χ4n) is 4.67. The first-order valence-electron chi connectivity index (χ1n) is 12.4. The summed E-state index contributed by atoms with van der Waals surface area (Å²) in [4.78, 5) is 11.6. The van der Waals surface area contributed by atoms with Crippen molar-refractivity contribution in [2.24, 2.45) is 0 Å². The maximum absolute atomic E-state index is 11.6. The summed E-state index contributed by atoms with van der Waals surface area (Å²) in [6, 6.07) is 16.3. The Kier molecular flexibility index (Phi) is 6.91. The van der Waals surface area contributed by atoms with E-state index in [0.717, 1.165) is 62.6 Å². The van der Waals surface area contributed by atoms with E-state index in [4.69, 9.17) is 14.2 Å². The van der Waals surface area contributed by atoms with Gasteiger partial charge in [0.25, 0.3) is 0 Å². The smallest absolute Gasteiger partial charge is 0.326 e. The number of hydrogen-bond acceptors (Lipinski definition) is 6. The van der Waals surface area contributed by atoms with Gasteiger partial charge in [0.15, 0.2) is 11.5 Å². The second-order valence-electron chi connectivity index (χ2n) is 9.63. The van der Waals surface area contributed by atoms with Gasteiger partial charge in [-0.15, -0.1) is 0 Å². The Labute approximate surface area is 216 Å². The normalized spacial score (nSPS) is 15.8. The highest BCUT2D eigenvalue weighted by Crippen LogP contribution is 2.37. The van der Waals surface area contributed by atoms with Gasteiger partial charge >= 0.3 is 5.97 Å². The van der Waals surface area contributed by atoms with E-state index in [1.54, 1.807) is 0 Å². The minimum atomic E-state index is -1.41. The predicted molar refractivity (Wildman–Crippen MR) is 142 cm³/mol. The van der Waals surface area contributed by atoms with Crippen molar-refractivity contribution in [1.29, 1.82) is 0 Å². The predicted octanol–water partition coefficient (Wildman–Crippen LogP) is 4.46.